The van der Waals surface area contributed by atoms with E-state index in [9.17, 15) is 0 Å². The van der Waals surface area contributed by atoms with Crippen molar-refractivity contribution in [2.24, 2.45) is 7.05 Å². The number of rotatable bonds is 5. The van der Waals surface area contributed by atoms with Crippen molar-refractivity contribution in [2.75, 3.05) is 0 Å². The molecule has 0 radical (unpaired) electrons. The van der Waals surface area contributed by atoms with Crippen LogP contribution in [0.5, 0.6) is 5.75 Å². The second kappa shape index (κ2) is 5.90. The van der Waals surface area contributed by atoms with E-state index in [-0.39, 0.29) is 0 Å². The van der Waals surface area contributed by atoms with Gasteiger partial charge in [-0.25, -0.2) is 0 Å². The van der Waals surface area contributed by atoms with E-state index in [0.29, 0.717) is 17.8 Å². The fourth-order valence-corrected chi connectivity index (χ4v) is 1.80. The molecule has 6 heteroatoms. The van der Waals surface area contributed by atoms with Gasteiger partial charge in [-0.15, -0.1) is 0 Å². The Kier molecular flexibility index (Phi) is 4.24. The average molecular weight is 260 g/mol. The monoisotopic (exact) mass is 260 g/mol. The highest BCUT2D eigenvalue weighted by Crippen LogP contribution is 2.12. The van der Waals surface area contributed by atoms with Crippen LogP contribution in [0.15, 0.2) is 30.3 Å². The summed E-state index contributed by atoms with van der Waals surface area (Å²) in [6.45, 7) is 2.45. The Morgan fingerprint density at radius 3 is 2.74 bits per heavy atom. The third kappa shape index (κ3) is 3.36. The van der Waals surface area contributed by atoms with Crippen LogP contribution in [-0.4, -0.2) is 26.9 Å². The zero-order valence-corrected chi connectivity index (χ0v) is 11.1. The Morgan fingerprint density at radius 2 is 2.11 bits per heavy atom. The van der Waals surface area contributed by atoms with Crippen molar-refractivity contribution < 1.29 is 14.8 Å². The number of hydrogen-bond donors (Lipinski definition) is 2. The fraction of sp³-hybridized carbons (Fsp3) is 0.308. The van der Waals surface area contributed by atoms with Crippen LogP contribution in [-0.2, 0) is 20.1 Å². The average Bonchev–Trinajstić information content (AvgIpc) is 2.77. The van der Waals surface area contributed by atoms with E-state index in [2.05, 4.69) is 12.0 Å². The molecule has 1 aromatic carbocycles. The summed E-state index contributed by atoms with van der Waals surface area (Å²) in [5.74, 6) is 0.602. The highest BCUT2D eigenvalue weighted by Gasteiger charge is 2.11. The molecule has 0 unspecified atom stereocenters. The predicted molar refractivity (Wildman–Crippen MR) is 73.2 cm³/mol. The highest BCUT2D eigenvalue weighted by molar-refractivity contribution is 6.58. The first-order valence-electron chi connectivity index (χ1n) is 6.21. The standard InChI is InChI=1S/C13H17BN2O3/c1-3-11-8-12(16(2)15-11)9-19-13-6-4-5-10(7-13)14(17)18/h4-8,17-18H,3,9H2,1-2H3. The van der Waals surface area contributed by atoms with Gasteiger partial charge in [0.2, 0.25) is 0 Å². The van der Waals surface area contributed by atoms with Gasteiger partial charge in [0.15, 0.2) is 0 Å². The van der Waals surface area contributed by atoms with Crippen molar-refractivity contribution in [3.8, 4) is 5.75 Å². The Balaban J connectivity index is 2.05. The smallest absolute Gasteiger partial charge is 0.487 e. The van der Waals surface area contributed by atoms with Gasteiger partial charge < -0.3 is 14.8 Å². The maximum Gasteiger partial charge on any atom is 0.488 e. The molecule has 0 saturated heterocycles. The fourth-order valence-electron chi connectivity index (χ4n) is 1.80. The number of ether oxygens (including phenoxy) is 1. The van der Waals surface area contributed by atoms with E-state index < -0.39 is 7.12 Å². The molecule has 0 aliphatic heterocycles. The third-order valence-corrected chi connectivity index (χ3v) is 2.93. The minimum Gasteiger partial charge on any atom is -0.487 e. The van der Waals surface area contributed by atoms with Crippen LogP contribution in [0, 0.1) is 0 Å². The van der Waals surface area contributed by atoms with Gasteiger partial charge in [-0.2, -0.15) is 5.10 Å². The summed E-state index contributed by atoms with van der Waals surface area (Å²) >= 11 is 0. The first kappa shape index (κ1) is 13.6. The van der Waals surface area contributed by atoms with Crippen LogP contribution in [0.4, 0.5) is 0 Å². The highest BCUT2D eigenvalue weighted by atomic mass is 16.5. The molecular weight excluding hydrogens is 243 g/mol. The van der Waals surface area contributed by atoms with Crippen LogP contribution in [0.25, 0.3) is 0 Å². The van der Waals surface area contributed by atoms with Gasteiger partial charge in [0.05, 0.1) is 11.4 Å². The van der Waals surface area contributed by atoms with Crippen LogP contribution in [0.3, 0.4) is 0 Å². The minimum absolute atomic E-state index is 0.397. The Bertz CT molecular complexity index is 555. The first-order chi connectivity index (χ1) is 9.10. The molecule has 1 aromatic heterocycles. The number of aromatic nitrogens is 2. The van der Waals surface area contributed by atoms with E-state index in [0.717, 1.165) is 17.8 Å². The van der Waals surface area contributed by atoms with Crippen molar-refractivity contribution in [3.63, 3.8) is 0 Å². The maximum absolute atomic E-state index is 9.10. The molecular formula is C13H17BN2O3. The predicted octanol–water partition coefficient (Wildman–Crippen LogP) is 0.241. The topological polar surface area (TPSA) is 67.5 Å². The van der Waals surface area contributed by atoms with Crippen LogP contribution in [0.2, 0.25) is 0 Å². The van der Waals surface area contributed by atoms with Crippen LogP contribution >= 0.6 is 0 Å². The summed E-state index contributed by atoms with van der Waals surface area (Å²) in [5, 5.41) is 22.5. The van der Waals surface area contributed by atoms with Crippen LogP contribution < -0.4 is 10.2 Å². The van der Waals surface area contributed by atoms with Crippen molar-refractivity contribution in [1.29, 1.82) is 0 Å². The van der Waals surface area contributed by atoms with E-state index in [1.165, 1.54) is 0 Å². The van der Waals surface area contributed by atoms with Gasteiger partial charge in [-0.3, -0.25) is 4.68 Å². The largest absolute Gasteiger partial charge is 0.488 e. The summed E-state index contributed by atoms with van der Waals surface area (Å²) < 4.78 is 7.43. The molecule has 0 saturated carbocycles. The Morgan fingerprint density at radius 1 is 1.32 bits per heavy atom. The molecule has 0 spiro atoms. The van der Waals surface area contributed by atoms with Gasteiger partial charge in [-0.05, 0) is 30.1 Å². The Labute approximate surface area is 112 Å². The molecule has 0 fully saturated rings. The van der Waals surface area contributed by atoms with Gasteiger partial charge >= 0.3 is 7.12 Å². The number of aryl methyl sites for hydroxylation is 2. The SMILES string of the molecule is CCc1cc(COc2cccc(B(O)O)c2)n(C)n1. The van der Waals surface area contributed by atoms with E-state index >= 15 is 0 Å². The van der Waals surface area contributed by atoms with E-state index in [4.69, 9.17) is 14.8 Å². The summed E-state index contributed by atoms with van der Waals surface area (Å²) in [4.78, 5) is 0. The number of benzene rings is 1. The third-order valence-electron chi connectivity index (χ3n) is 2.93. The molecule has 5 nitrogen and oxygen atoms in total. The summed E-state index contributed by atoms with van der Waals surface area (Å²) in [5.41, 5.74) is 2.42. The molecule has 0 aliphatic rings. The molecule has 1 heterocycles. The van der Waals surface area contributed by atoms with Gasteiger partial charge in [0.25, 0.3) is 0 Å². The van der Waals surface area contributed by atoms with Crippen LogP contribution in [0.1, 0.15) is 18.3 Å². The normalized spacial score (nSPS) is 10.5. The summed E-state index contributed by atoms with van der Waals surface area (Å²) in [7, 11) is 0.401. The van der Waals surface area contributed by atoms with Crippen molar-refractivity contribution in [1.82, 2.24) is 9.78 Å². The molecule has 0 atom stereocenters. The molecule has 2 aromatic rings. The van der Waals surface area contributed by atoms with Crippen molar-refractivity contribution >= 4 is 12.6 Å². The van der Waals surface area contributed by atoms with E-state index in [1.54, 1.807) is 28.9 Å². The lowest BCUT2D eigenvalue weighted by molar-refractivity contribution is 0.295. The molecule has 0 amide bonds. The lowest BCUT2D eigenvalue weighted by Gasteiger charge is -2.07. The van der Waals surface area contributed by atoms with Crippen molar-refractivity contribution in [2.45, 2.75) is 20.0 Å². The first-order valence-corrected chi connectivity index (χ1v) is 6.21. The molecule has 0 bridgehead atoms. The molecule has 0 aliphatic carbocycles. The molecule has 2 N–H and O–H groups in total. The number of nitrogens with zero attached hydrogens (tertiary/aromatic N) is 2. The summed E-state index contributed by atoms with van der Waals surface area (Å²) in [6, 6.07) is 8.76. The Hall–Kier alpha value is -1.79. The molecule has 2 rings (SSSR count). The molecule has 19 heavy (non-hydrogen) atoms. The second-order valence-electron chi connectivity index (χ2n) is 4.34. The zero-order chi connectivity index (χ0) is 13.8. The quantitative estimate of drug-likeness (QED) is 0.756. The molecule has 100 valence electrons. The lowest BCUT2D eigenvalue weighted by atomic mass is 9.80. The van der Waals surface area contributed by atoms with Crippen molar-refractivity contribution in [3.05, 3.63) is 41.7 Å². The second-order valence-corrected chi connectivity index (χ2v) is 4.34. The maximum atomic E-state index is 9.10. The van der Waals surface area contributed by atoms with Gasteiger partial charge in [0, 0.05) is 7.05 Å². The lowest BCUT2D eigenvalue weighted by Crippen LogP contribution is -2.29. The zero-order valence-electron chi connectivity index (χ0n) is 11.1. The number of hydrogen-bond acceptors (Lipinski definition) is 4. The van der Waals surface area contributed by atoms with E-state index in [1.807, 2.05) is 13.1 Å². The van der Waals surface area contributed by atoms with Gasteiger partial charge in [-0.1, -0.05) is 19.1 Å². The van der Waals surface area contributed by atoms with Gasteiger partial charge in [0.1, 0.15) is 12.4 Å². The minimum atomic E-state index is -1.48. The summed E-state index contributed by atoms with van der Waals surface area (Å²) in [6.07, 6.45) is 0.889.